The van der Waals surface area contributed by atoms with Crippen molar-refractivity contribution in [3.63, 3.8) is 0 Å². The van der Waals surface area contributed by atoms with Crippen molar-refractivity contribution in [3.8, 4) is 0 Å². The molecule has 4 heteroatoms. The zero-order valence-electron chi connectivity index (χ0n) is 6.51. The summed E-state index contributed by atoms with van der Waals surface area (Å²) < 4.78 is 3.70. The Balaban J connectivity index is 2.50. The fraction of sp³-hybridized carbons (Fsp3) is 0.571. The Hall–Kier alpha value is -0.870. The Kier molecular flexibility index (Phi) is 2.62. The van der Waals surface area contributed by atoms with Crippen LogP contribution in [-0.4, -0.2) is 27.5 Å². The van der Waals surface area contributed by atoms with Gasteiger partial charge >= 0.3 is 0 Å². The van der Waals surface area contributed by atoms with Gasteiger partial charge in [0, 0.05) is 0 Å². The molecule has 4 nitrogen and oxygen atoms in total. The SMILES string of the molecule is Cn1cc[n+](CC(O)CO)c1. The molecule has 0 radical (unpaired) electrons. The lowest BCUT2D eigenvalue weighted by molar-refractivity contribution is -0.703. The van der Waals surface area contributed by atoms with Gasteiger partial charge in [-0.05, 0) is 0 Å². The number of imidazole rings is 1. The smallest absolute Gasteiger partial charge is 0.243 e. The van der Waals surface area contributed by atoms with Crippen molar-refractivity contribution in [1.29, 1.82) is 0 Å². The molecule has 0 spiro atoms. The van der Waals surface area contributed by atoms with Crippen molar-refractivity contribution in [3.05, 3.63) is 18.7 Å². The zero-order chi connectivity index (χ0) is 8.27. The molecule has 1 atom stereocenters. The first-order chi connectivity index (χ1) is 5.22. The molecule has 0 aromatic carbocycles. The molecule has 0 bridgehead atoms. The van der Waals surface area contributed by atoms with Gasteiger partial charge in [-0.2, -0.15) is 0 Å². The molecule has 0 aliphatic heterocycles. The van der Waals surface area contributed by atoms with Gasteiger partial charge in [-0.25, -0.2) is 9.13 Å². The Morgan fingerprint density at radius 2 is 2.36 bits per heavy atom. The largest absolute Gasteiger partial charge is 0.394 e. The van der Waals surface area contributed by atoms with Crippen molar-refractivity contribution in [2.45, 2.75) is 12.6 Å². The molecule has 1 aromatic heterocycles. The standard InChI is InChI=1S/C7H13N2O2/c1-8-2-3-9(6-8)4-7(11)5-10/h2-3,6-7,10-11H,4-5H2,1H3/q+1. The van der Waals surface area contributed by atoms with Crippen LogP contribution in [0, 0.1) is 0 Å². The normalized spacial score (nSPS) is 13.4. The summed E-state index contributed by atoms with van der Waals surface area (Å²) in [6.07, 6.45) is 4.91. The van der Waals surface area contributed by atoms with E-state index in [4.69, 9.17) is 10.2 Å². The number of aliphatic hydroxyl groups is 2. The molecule has 0 aliphatic rings. The minimum Gasteiger partial charge on any atom is -0.394 e. The summed E-state index contributed by atoms with van der Waals surface area (Å²) in [5.41, 5.74) is 0. The van der Waals surface area contributed by atoms with Gasteiger partial charge in [0.2, 0.25) is 6.33 Å². The Labute approximate surface area is 65.3 Å². The van der Waals surface area contributed by atoms with E-state index in [1.54, 1.807) is 0 Å². The van der Waals surface area contributed by atoms with Gasteiger partial charge < -0.3 is 10.2 Å². The summed E-state index contributed by atoms with van der Waals surface area (Å²) >= 11 is 0. The van der Waals surface area contributed by atoms with E-state index in [0.29, 0.717) is 6.54 Å². The molecule has 1 aromatic rings. The molecule has 0 saturated carbocycles. The van der Waals surface area contributed by atoms with Crippen LogP contribution in [0.2, 0.25) is 0 Å². The quantitative estimate of drug-likeness (QED) is 0.534. The Morgan fingerprint density at radius 1 is 1.64 bits per heavy atom. The molecule has 1 heterocycles. The highest BCUT2D eigenvalue weighted by molar-refractivity contribution is 4.62. The van der Waals surface area contributed by atoms with Gasteiger partial charge in [0.15, 0.2) is 0 Å². The number of aryl methyl sites for hydroxylation is 1. The van der Waals surface area contributed by atoms with E-state index in [9.17, 15) is 0 Å². The van der Waals surface area contributed by atoms with Gasteiger partial charge in [0.05, 0.1) is 13.7 Å². The molecule has 62 valence electrons. The summed E-state index contributed by atoms with van der Waals surface area (Å²) in [4.78, 5) is 0. The highest BCUT2D eigenvalue weighted by Gasteiger charge is 2.06. The second kappa shape index (κ2) is 3.50. The van der Waals surface area contributed by atoms with Crippen molar-refractivity contribution in [2.24, 2.45) is 7.05 Å². The molecular formula is C7H13N2O2+. The Bertz CT molecular complexity index is 222. The molecule has 1 rings (SSSR count). The third-order valence-electron chi connectivity index (χ3n) is 1.46. The van der Waals surface area contributed by atoms with Crippen LogP contribution in [0.5, 0.6) is 0 Å². The highest BCUT2D eigenvalue weighted by Crippen LogP contribution is 1.82. The van der Waals surface area contributed by atoms with E-state index in [1.165, 1.54) is 0 Å². The highest BCUT2D eigenvalue weighted by atomic mass is 16.3. The molecule has 0 aliphatic carbocycles. The van der Waals surface area contributed by atoms with Crippen molar-refractivity contribution >= 4 is 0 Å². The lowest BCUT2D eigenvalue weighted by Crippen LogP contribution is -2.39. The number of aromatic nitrogens is 2. The second-order valence-corrected chi connectivity index (χ2v) is 2.61. The van der Waals surface area contributed by atoms with E-state index in [1.807, 2.05) is 34.9 Å². The topological polar surface area (TPSA) is 49.3 Å². The lowest BCUT2D eigenvalue weighted by Gasteiger charge is -2.01. The van der Waals surface area contributed by atoms with Crippen molar-refractivity contribution < 1.29 is 14.8 Å². The van der Waals surface area contributed by atoms with Crippen molar-refractivity contribution in [2.75, 3.05) is 6.61 Å². The third kappa shape index (κ3) is 2.32. The minimum atomic E-state index is -0.664. The first-order valence-electron chi connectivity index (χ1n) is 3.52. The van der Waals surface area contributed by atoms with E-state index < -0.39 is 6.10 Å². The molecule has 1 unspecified atom stereocenters. The summed E-state index contributed by atoms with van der Waals surface area (Å²) in [6.45, 7) is 0.249. The summed E-state index contributed by atoms with van der Waals surface area (Å²) in [7, 11) is 1.90. The minimum absolute atomic E-state index is 0.193. The number of aliphatic hydroxyl groups excluding tert-OH is 2. The molecular weight excluding hydrogens is 144 g/mol. The second-order valence-electron chi connectivity index (χ2n) is 2.61. The van der Waals surface area contributed by atoms with Gasteiger partial charge in [0.25, 0.3) is 0 Å². The number of hydrogen-bond donors (Lipinski definition) is 2. The average molecular weight is 157 g/mol. The first-order valence-corrected chi connectivity index (χ1v) is 3.52. The van der Waals surface area contributed by atoms with Crippen LogP contribution in [0.4, 0.5) is 0 Å². The molecule has 2 N–H and O–H groups in total. The average Bonchev–Trinajstić information content (AvgIpc) is 2.35. The molecule has 0 fully saturated rings. The maximum absolute atomic E-state index is 9.04. The van der Waals surface area contributed by atoms with E-state index in [-0.39, 0.29) is 6.61 Å². The monoisotopic (exact) mass is 157 g/mol. The lowest BCUT2D eigenvalue weighted by atomic mass is 10.4. The molecule has 0 amide bonds. The van der Waals surface area contributed by atoms with Crippen LogP contribution in [-0.2, 0) is 13.6 Å². The maximum atomic E-state index is 9.04. The van der Waals surface area contributed by atoms with Crippen molar-refractivity contribution in [1.82, 2.24) is 4.57 Å². The predicted molar refractivity (Wildman–Crippen MR) is 38.7 cm³/mol. The Morgan fingerprint density at radius 3 is 2.82 bits per heavy atom. The van der Waals surface area contributed by atoms with E-state index >= 15 is 0 Å². The summed E-state index contributed by atoms with van der Waals surface area (Å²) in [6, 6.07) is 0. The zero-order valence-corrected chi connectivity index (χ0v) is 6.51. The van der Waals surface area contributed by atoms with Crippen LogP contribution in [0.1, 0.15) is 0 Å². The number of nitrogens with zero attached hydrogens (tertiary/aromatic N) is 2. The fourth-order valence-electron chi connectivity index (χ4n) is 0.911. The van der Waals surface area contributed by atoms with Crippen LogP contribution >= 0.6 is 0 Å². The van der Waals surface area contributed by atoms with Crippen LogP contribution in [0.15, 0.2) is 18.7 Å². The third-order valence-corrected chi connectivity index (χ3v) is 1.46. The summed E-state index contributed by atoms with van der Waals surface area (Å²) in [5.74, 6) is 0. The van der Waals surface area contributed by atoms with Gasteiger partial charge in [-0.15, -0.1) is 0 Å². The van der Waals surface area contributed by atoms with Gasteiger partial charge in [-0.3, -0.25) is 0 Å². The summed E-state index contributed by atoms with van der Waals surface area (Å²) in [5, 5.41) is 17.6. The van der Waals surface area contributed by atoms with Crippen LogP contribution < -0.4 is 4.57 Å². The first kappa shape index (κ1) is 8.23. The number of hydrogen-bond acceptors (Lipinski definition) is 2. The van der Waals surface area contributed by atoms with Crippen LogP contribution in [0.3, 0.4) is 0 Å². The van der Waals surface area contributed by atoms with Crippen LogP contribution in [0.25, 0.3) is 0 Å². The predicted octanol–water partition coefficient (Wildman–Crippen LogP) is -1.33. The van der Waals surface area contributed by atoms with E-state index in [0.717, 1.165) is 0 Å². The number of rotatable bonds is 3. The fourth-order valence-corrected chi connectivity index (χ4v) is 0.911. The van der Waals surface area contributed by atoms with Gasteiger partial charge in [-0.1, -0.05) is 0 Å². The maximum Gasteiger partial charge on any atom is 0.243 e. The molecule has 11 heavy (non-hydrogen) atoms. The van der Waals surface area contributed by atoms with E-state index in [2.05, 4.69) is 0 Å². The molecule has 0 saturated heterocycles. The van der Waals surface area contributed by atoms with Gasteiger partial charge in [0.1, 0.15) is 25.0 Å².